The Bertz CT molecular complexity index is 1260. The molecule has 2 heterocycles. The summed E-state index contributed by atoms with van der Waals surface area (Å²) >= 11 is 0. The van der Waals surface area contributed by atoms with E-state index in [9.17, 15) is 14.7 Å². The second-order valence-corrected chi connectivity index (χ2v) is 9.30. The molecule has 1 fully saturated rings. The zero-order valence-corrected chi connectivity index (χ0v) is 19.9. The third-order valence-corrected chi connectivity index (χ3v) is 5.93. The summed E-state index contributed by atoms with van der Waals surface area (Å²) < 4.78 is 5.18. The number of benzene rings is 2. The highest BCUT2D eigenvalue weighted by atomic mass is 16.5. The maximum absolute atomic E-state index is 13.2. The number of aliphatic hydroxyl groups is 1. The number of carbonyl (C=O) groups excluding carboxylic acids is 2. The number of ether oxygens (including phenoxy) is 1. The highest BCUT2D eigenvalue weighted by Gasteiger charge is 2.47. The predicted octanol–water partition coefficient (Wildman–Crippen LogP) is 4.72. The number of amides is 1. The van der Waals surface area contributed by atoms with Crippen molar-refractivity contribution in [1.29, 1.82) is 0 Å². The van der Waals surface area contributed by atoms with Crippen LogP contribution < -0.4 is 9.64 Å². The van der Waals surface area contributed by atoms with Crippen molar-refractivity contribution in [1.82, 2.24) is 10.2 Å². The van der Waals surface area contributed by atoms with Gasteiger partial charge < -0.3 is 9.84 Å². The SMILES string of the molecule is COc1ccc(/C(O)=C2/C(=O)C(=O)N(c3ccc(C)nn3)C2c2ccc(C(C)(C)C)cc2)cc1. The van der Waals surface area contributed by atoms with E-state index >= 15 is 0 Å². The van der Waals surface area contributed by atoms with E-state index in [-0.39, 0.29) is 22.6 Å². The molecule has 7 nitrogen and oxygen atoms in total. The smallest absolute Gasteiger partial charge is 0.301 e. The van der Waals surface area contributed by atoms with Crippen LogP contribution in [-0.4, -0.2) is 34.1 Å². The van der Waals surface area contributed by atoms with Gasteiger partial charge in [0, 0.05) is 5.56 Å². The number of methoxy groups -OCH3 is 1. The number of hydrogen-bond donors (Lipinski definition) is 1. The fourth-order valence-corrected chi connectivity index (χ4v) is 3.97. The molecule has 1 atom stereocenters. The van der Waals surface area contributed by atoms with Crippen LogP contribution in [0.25, 0.3) is 5.76 Å². The second kappa shape index (κ2) is 8.74. The molecular weight excluding hydrogens is 430 g/mol. The highest BCUT2D eigenvalue weighted by molar-refractivity contribution is 6.51. The number of aliphatic hydroxyl groups excluding tert-OH is 1. The van der Waals surface area contributed by atoms with Gasteiger partial charge in [-0.1, -0.05) is 45.0 Å². The Kier molecular flexibility index (Phi) is 5.96. The van der Waals surface area contributed by atoms with Crippen LogP contribution in [0.1, 0.15) is 49.2 Å². The summed E-state index contributed by atoms with van der Waals surface area (Å²) in [6.45, 7) is 8.12. The standard InChI is InChI=1S/C27H27N3O4/c1-16-6-15-21(29-28-16)30-23(17-7-11-19(12-8-17)27(2,3)4)22(25(32)26(30)33)24(31)18-9-13-20(34-5)14-10-18/h6-15,23,31H,1-5H3/b24-22-. The Morgan fingerprint density at radius 3 is 2.12 bits per heavy atom. The van der Waals surface area contributed by atoms with Gasteiger partial charge in [-0.15, -0.1) is 5.10 Å². The molecule has 4 rings (SSSR count). The van der Waals surface area contributed by atoms with Gasteiger partial charge in [-0.3, -0.25) is 14.5 Å². The normalized spacial score (nSPS) is 17.8. The highest BCUT2D eigenvalue weighted by Crippen LogP contribution is 2.42. The number of hydrogen-bond acceptors (Lipinski definition) is 6. The Hall–Kier alpha value is -4.00. The summed E-state index contributed by atoms with van der Waals surface area (Å²) in [5.41, 5.74) is 2.82. The third-order valence-electron chi connectivity index (χ3n) is 5.93. The van der Waals surface area contributed by atoms with E-state index in [1.807, 2.05) is 24.3 Å². The molecule has 7 heteroatoms. The molecule has 3 aromatic rings. The molecule has 1 amide bonds. The predicted molar refractivity (Wildman–Crippen MR) is 130 cm³/mol. The van der Waals surface area contributed by atoms with Crippen LogP contribution in [0.15, 0.2) is 66.2 Å². The van der Waals surface area contributed by atoms with Gasteiger partial charge in [-0.2, -0.15) is 5.10 Å². The molecule has 1 unspecified atom stereocenters. The number of Topliss-reactive ketones (excluding diaryl/α,β-unsaturated/α-hetero) is 1. The van der Waals surface area contributed by atoms with Crippen LogP contribution in [0.2, 0.25) is 0 Å². The lowest BCUT2D eigenvalue weighted by Crippen LogP contribution is -2.30. The summed E-state index contributed by atoms with van der Waals surface area (Å²) in [6.07, 6.45) is 0. The average Bonchev–Trinajstić information content (AvgIpc) is 3.09. The van der Waals surface area contributed by atoms with Crippen LogP contribution in [0.5, 0.6) is 5.75 Å². The molecule has 2 aromatic carbocycles. The van der Waals surface area contributed by atoms with Crippen LogP contribution in [0, 0.1) is 6.92 Å². The number of anilines is 1. The lowest BCUT2D eigenvalue weighted by atomic mass is 9.85. The molecule has 1 N–H and O–H groups in total. The van der Waals surface area contributed by atoms with Crippen molar-refractivity contribution in [2.75, 3.05) is 12.0 Å². The summed E-state index contributed by atoms with van der Waals surface area (Å²) in [5, 5.41) is 19.4. The van der Waals surface area contributed by atoms with E-state index in [0.29, 0.717) is 22.6 Å². The maximum Gasteiger partial charge on any atom is 0.301 e. The van der Waals surface area contributed by atoms with Crippen molar-refractivity contribution in [3.8, 4) is 5.75 Å². The zero-order valence-electron chi connectivity index (χ0n) is 19.9. The lowest BCUT2D eigenvalue weighted by Gasteiger charge is -2.25. The van der Waals surface area contributed by atoms with Crippen LogP contribution in [-0.2, 0) is 15.0 Å². The molecule has 34 heavy (non-hydrogen) atoms. The van der Waals surface area contributed by atoms with Gasteiger partial charge in [0.25, 0.3) is 5.78 Å². The molecular formula is C27H27N3O4. The van der Waals surface area contributed by atoms with Crippen molar-refractivity contribution in [2.45, 2.75) is 39.2 Å². The van der Waals surface area contributed by atoms with E-state index in [1.54, 1.807) is 50.4 Å². The first-order valence-corrected chi connectivity index (χ1v) is 11.0. The first-order chi connectivity index (χ1) is 16.1. The van der Waals surface area contributed by atoms with Gasteiger partial charge in [0.05, 0.1) is 24.4 Å². The number of nitrogens with zero attached hydrogens (tertiary/aromatic N) is 3. The fraction of sp³-hybridized carbons (Fsp3) is 0.259. The molecule has 0 spiro atoms. The Labute approximate surface area is 198 Å². The van der Waals surface area contributed by atoms with Crippen molar-refractivity contribution in [3.05, 3.63) is 88.6 Å². The van der Waals surface area contributed by atoms with Crippen LogP contribution in [0.4, 0.5) is 5.82 Å². The Morgan fingerprint density at radius 1 is 0.941 bits per heavy atom. The lowest BCUT2D eigenvalue weighted by molar-refractivity contribution is -0.132. The Balaban J connectivity index is 1.90. The minimum Gasteiger partial charge on any atom is -0.507 e. The number of rotatable bonds is 4. The number of ketones is 1. The molecule has 174 valence electrons. The van der Waals surface area contributed by atoms with Gasteiger partial charge >= 0.3 is 5.91 Å². The van der Waals surface area contributed by atoms with E-state index < -0.39 is 17.7 Å². The van der Waals surface area contributed by atoms with Crippen molar-refractivity contribution in [2.24, 2.45) is 0 Å². The first kappa shape index (κ1) is 23.2. The van der Waals surface area contributed by atoms with Gasteiger partial charge in [-0.25, -0.2) is 0 Å². The largest absolute Gasteiger partial charge is 0.507 e. The van der Waals surface area contributed by atoms with Crippen molar-refractivity contribution in [3.63, 3.8) is 0 Å². The minimum atomic E-state index is -0.854. The summed E-state index contributed by atoms with van der Waals surface area (Å²) in [5.74, 6) is -0.945. The number of aromatic nitrogens is 2. The van der Waals surface area contributed by atoms with Crippen LogP contribution >= 0.6 is 0 Å². The molecule has 0 aliphatic carbocycles. The molecule has 1 aliphatic rings. The summed E-state index contributed by atoms with van der Waals surface area (Å²) in [6, 6.07) is 16.9. The van der Waals surface area contributed by atoms with Gasteiger partial charge in [-0.05, 0) is 59.9 Å². The quantitative estimate of drug-likeness (QED) is 0.346. The number of carbonyl (C=O) groups is 2. The maximum atomic E-state index is 13.2. The second-order valence-electron chi connectivity index (χ2n) is 9.30. The number of aryl methyl sites for hydroxylation is 1. The molecule has 0 radical (unpaired) electrons. The summed E-state index contributed by atoms with van der Waals surface area (Å²) in [4.78, 5) is 27.7. The van der Waals surface area contributed by atoms with Gasteiger partial charge in [0.1, 0.15) is 11.5 Å². The summed E-state index contributed by atoms with van der Waals surface area (Å²) in [7, 11) is 1.55. The minimum absolute atomic E-state index is 0.000973. The van der Waals surface area contributed by atoms with E-state index in [2.05, 4.69) is 31.0 Å². The van der Waals surface area contributed by atoms with E-state index in [1.165, 1.54) is 4.90 Å². The molecule has 1 saturated heterocycles. The molecule has 0 saturated carbocycles. The zero-order chi connectivity index (χ0) is 24.6. The molecule has 0 bridgehead atoms. The topological polar surface area (TPSA) is 92.6 Å². The van der Waals surface area contributed by atoms with E-state index in [0.717, 1.165) is 5.56 Å². The monoisotopic (exact) mass is 457 g/mol. The Morgan fingerprint density at radius 2 is 1.59 bits per heavy atom. The van der Waals surface area contributed by atoms with Crippen LogP contribution in [0.3, 0.4) is 0 Å². The van der Waals surface area contributed by atoms with Crippen molar-refractivity contribution >= 4 is 23.3 Å². The molecule has 1 aromatic heterocycles. The first-order valence-electron chi connectivity index (χ1n) is 11.0. The third kappa shape index (κ3) is 4.17. The van der Waals surface area contributed by atoms with Gasteiger partial charge in [0.15, 0.2) is 5.82 Å². The van der Waals surface area contributed by atoms with Gasteiger partial charge in [0.2, 0.25) is 0 Å². The average molecular weight is 458 g/mol. The fourth-order valence-electron chi connectivity index (χ4n) is 3.97. The van der Waals surface area contributed by atoms with E-state index in [4.69, 9.17) is 4.74 Å². The van der Waals surface area contributed by atoms with Crippen molar-refractivity contribution < 1.29 is 19.4 Å². The molecule has 1 aliphatic heterocycles.